The van der Waals surface area contributed by atoms with Crippen molar-refractivity contribution in [2.45, 2.75) is 6.18 Å². The Labute approximate surface area is 204 Å². The summed E-state index contributed by atoms with van der Waals surface area (Å²) in [7, 11) is -0.0304. The van der Waals surface area contributed by atoms with E-state index in [1.807, 2.05) is 0 Å². The second-order valence-corrected chi connectivity index (χ2v) is 11.1. The van der Waals surface area contributed by atoms with Crippen LogP contribution >= 0.6 is 18.7 Å². The Hall–Kier alpha value is -3.30. The summed E-state index contributed by atoms with van der Waals surface area (Å²) in [5.41, 5.74) is 0.0393. The number of nitrogens with one attached hydrogen (secondary N) is 2. The lowest BCUT2D eigenvalue weighted by Crippen LogP contribution is -2.16. The molecule has 0 bridgehead atoms. The van der Waals surface area contributed by atoms with Gasteiger partial charge in [0.05, 0.1) is 18.5 Å². The van der Waals surface area contributed by atoms with Gasteiger partial charge in [0.25, 0.3) is 0 Å². The molecule has 0 unspecified atom stereocenters. The van der Waals surface area contributed by atoms with Crippen molar-refractivity contribution in [1.82, 2.24) is 9.97 Å². The molecule has 0 amide bonds. The van der Waals surface area contributed by atoms with Crippen LogP contribution in [0.2, 0.25) is 0 Å². The summed E-state index contributed by atoms with van der Waals surface area (Å²) in [6.07, 6.45) is -4.06. The minimum atomic E-state index is -4.73. The fourth-order valence-electron chi connectivity index (χ4n) is 3.10. The molecule has 0 saturated carbocycles. The van der Waals surface area contributed by atoms with E-state index in [1.165, 1.54) is 33.6 Å². The first-order chi connectivity index (χ1) is 16.4. The van der Waals surface area contributed by atoms with Crippen LogP contribution in [0.25, 0.3) is 0 Å². The van der Waals surface area contributed by atoms with E-state index in [0.717, 1.165) is 0 Å². The highest BCUT2D eigenvalue weighted by Crippen LogP contribution is 2.40. The van der Waals surface area contributed by atoms with Crippen LogP contribution in [-0.2, 0) is 15.6 Å². The van der Waals surface area contributed by atoms with Gasteiger partial charge in [-0.1, -0.05) is 28.9 Å². The number of benzene rings is 2. The van der Waals surface area contributed by atoms with Crippen molar-refractivity contribution < 1.29 is 27.3 Å². The number of rotatable bonds is 8. The van der Waals surface area contributed by atoms with Gasteiger partial charge in [-0.3, -0.25) is 0 Å². The predicted octanol–water partition coefficient (Wildman–Crippen LogP) is 5.79. The summed E-state index contributed by atoms with van der Waals surface area (Å²) in [5.74, 6) is -0.313. The molecular formula is C22H22ClF3N5O3P. The molecule has 0 aliphatic rings. The smallest absolute Gasteiger partial charge is 0.421 e. The summed E-state index contributed by atoms with van der Waals surface area (Å²) >= 11 is 6.04. The van der Waals surface area contributed by atoms with Gasteiger partial charge in [0, 0.05) is 17.1 Å². The topological polar surface area (TPSA) is 97.7 Å². The third kappa shape index (κ3) is 6.43. The van der Waals surface area contributed by atoms with Gasteiger partial charge in [-0.15, -0.1) is 0 Å². The number of methoxy groups -OCH3 is 1. The number of ether oxygens (including phenoxy) is 1. The quantitative estimate of drug-likeness (QED) is 0.217. The number of anilines is 4. The fourth-order valence-corrected chi connectivity index (χ4v) is 4.44. The molecule has 186 valence electrons. The Bertz CT molecular complexity index is 1300. The fraction of sp³-hybridized carbons (Fsp3) is 0.227. The van der Waals surface area contributed by atoms with E-state index in [0.29, 0.717) is 28.5 Å². The Morgan fingerprint density at radius 3 is 2.43 bits per heavy atom. The van der Waals surface area contributed by atoms with Gasteiger partial charge < -0.3 is 24.8 Å². The zero-order chi connectivity index (χ0) is 25.8. The standard InChI is InChI=1S/C22H22ClF3N5O3P/c1-33-17-11-13(19(23)31-34-2)9-10-15(17)29-21-27-12-14(22(24,25)26)20(30-21)28-16-7-5-6-8-18(16)35(3,4)32/h5-12H,1-4H3,(H2,27,28,29,30)/b31-19+. The molecule has 1 aromatic heterocycles. The minimum absolute atomic E-state index is 0.0809. The van der Waals surface area contributed by atoms with Crippen LogP contribution in [0.5, 0.6) is 5.75 Å². The predicted molar refractivity (Wildman–Crippen MR) is 132 cm³/mol. The highest BCUT2D eigenvalue weighted by Gasteiger charge is 2.36. The average molecular weight is 528 g/mol. The largest absolute Gasteiger partial charge is 0.495 e. The van der Waals surface area contributed by atoms with Crippen LogP contribution in [0.4, 0.5) is 36.3 Å². The first-order valence-corrected chi connectivity index (χ1v) is 13.0. The van der Waals surface area contributed by atoms with Gasteiger partial charge >= 0.3 is 6.18 Å². The molecule has 3 aromatic rings. The Kier molecular flexibility index (Phi) is 7.92. The van der Waals surface area contributed by atoms with E-state index in [9.17, 15) is 17.7 Å². The van der Waals surface area contributed by atoms with E-state index in [-0.39, 0.29) is 16.8 Å². The molecule has 0 fully saturated rings. The van der Waals surface area contributed by atoms with Gasteiger partial charge in [-0.05, 0) is 43.7 Å². The maximum absolute atomic E-state index is 13.7. The van der Waals surface area contributed by atoms with E-state index < -0.39 is 24.7 Å². The van der Waals surface area contributed by atoms with Crippen molar-refractivity contribution in [2.24, 2.45) is 5.16 Å². The summed E-state index contributed by atoms with van der Waals surface area (Å²) in [6.45, 7) is 3.06. The van der Waals surface area contributed by atoms with Crippen LogP contribution in [0.15, 0.2) is 53.8 Å². The molecule has 35 heavy (non-hydrogen) atoms. The van der Waals surface area contributed by atoms with Crippen LogP contribution < -0.4 is 20.7 Å². The molecule has 0 saturated heterocycles. The zero-order valence-electron chi connectivity index (χ0n) is 19.1. The third-order valence-electron chi connectivity index (χ3n) is 4.69. The summed E-state index contributed by atoms with van der Waals surface area (Å²) in [4.78, 5) is 12.5. The molecule has 8 nitrogen and oxygen atoms in total. The normalized spacial score (nSPS) is 12.3. The van der Waals surface area contributed by atoms with E-state index in [1.54, 1.807) is 36.4 Å². The van der Waals surface area contributed by atoms with Gasteiger partial charge in [0.1, 0.15) is 31.4 Å². The first kappa shape index (κ1) is 26.3. The average Bonchev–Trinajstić information content (AvgIpc) is 2.78. The van der Waals surface area contributed by atoms with Crippen LogP contribution in [0.1, 0.15) is 11.1 Å². The van der Waals surface area contributed by atoms with Gasteiger partial charge in [-0.2, -0.15) is 18.2 Å². The third-order valence-corrected chi connectivity index (χ3v) is 6.53. The number of para-hydroxylation sites is 1. The van der Waals surface area contributed by atoms with E-state index in [4.69, 9.17) is 16.3 Å². The lowest BCUT2D eigenvalue weighted by Gasteiger charge is -2.18. The number of halogens is 4. The first-order valence-electron chi connectivity index (χ1n) is 10.0. The van der Waals surface area contributed by atoms with Gasteiger partial charge in [0.15, 0.2) is 5.17 Å². The number of aromatic nitrogens is 2. The number of nitrogens with zero attached hydrogens (tertiary/aromatic N) is 3. The SMILES string of the molecule is CO/N=C(/Cl)c1ccc(Nc2ncc(C(F)(F)F)c(Nc3ccccc3P(C)(C)=O)n2)c(OC)c1. The maximum Gasteiger partial charge on any atom is 0.421 e. The van der Waals surface area contributed by atoms with Crippen molar-refractivity contribution >= 4 is 52.4 Å². The van der Waals surface area contributed by atoms with Crippen LogP contribution in [0, 0.1) is 0 Å². The van der Waals surface area contributed by atoms with Crippen molar-refractivity contribution in [3.8, 4) is 5.75 Å². The summed E-state index contributed by atoms with van der Waals surface area (Å²) in [5, 5.41) is 9.65. The molecule has 2 aromatic carbocycles. The van der Waals surface area contributed by atoms with Crippen LogP contribution in [-0.4, -0.2) is 42.7 Å². The van der Waals surface area contributed by atoms with Gasteiger partial charge in [0.2, 0.25) is 5.95 Å². The maximum atomic E-state index is 13.7. The second kappa shape index (κ2) is 10.5. The molecule has 0 radical (unpaired) electrons. The van der Waals surface area contributed by atoms with E-state index in [2.05, 4.69) is 30.6 Å². The molecule has 3 rings (SSSR count). The minimum Gasteiger partial charge on any atom is -0.495 e. The molecule has 1 heterocycles. The zero-order valence-corrected chi connectivity index (χ0v) is 20.8. The number of oxime groups is 1. The highest BCUT2D eigenvalue weighted by atomic mass is 35.5. The lowest BCUT2D eigenvalue weighted by atomic mass is 10.2. The van der Waals surface area contributed by atoms with Crippen molar-refractivity contribution in [3.05, 3.63) is 59.8 Å². The Balaban J connectivity index is 2.02. The van der Waals surface area contributed by atoms with E-state index >= 15 is 0 Å². The number of hydrogen-bond acceptors (Lipinski definition) is 8. The molecular weight excluding hydrogens is 506 g/mol. The molecule has 0 spiro atoms. The molecule has 0 atom stereocenters. The van der Waals surface area contributed by atoms with Gasteiger partial charge in [-0.25, -0.2) is 4.98 Å². The van der Waals surface area contributed by atoms with Crippen molar-refractivity contribution in [1.29, 1.82) is 0 Å². The molecule has 0 aliphatic heterocycles. The second-order valence-electron chi connectivity index (χ2n) is 7.55. The summed E-state index contributed by atoms with van der Waals surface area (Å²) in [6, 6.07) is 11.2. The Morgan fingerprint density at radius 2 is 1.80 bits per heavy atom. The highest BCUT2D eigenvalue weighted by molar-refractivity contribution is 7.70. The lowest BCUT2D eigenvalue weighted by molar-refractivity contribution is -0.137. The Morgan fingerprint density at radius 1 is 1.09 bits per heavy atom. The molecule has 0 aliphatic carbocycles. The van der Waals surface area contributed by atoms with Crippen molar-refractivity contribution in [2.75, 3.05) is 38.2 Å². The number of hydrogen-bond donors (Lipinski definition) is 2. The molecule has 2 N–H and O–H groups in total. The molecule has 13 heteroatoms. The van der Waals surface area contributed by atoms with Crippen molar-refractivity contribution in [3.63, 3.8) is 0 Å². The van der Waals surface area contributed by atoms with Crippen LogP contribution in [0.3, 0.4) is 0 Å². The monoisotopic (exact) mass is 527 g/mol. The number of alkyl halides is 3. The summed E-state index contributed by atoms with van der Waals surface area (Å²) < 4.78 is 59.1.